The fourth-order valence-corrected chi connectivity index (χ4v) is 5.42. The molecule has 176 valence electrons. The SMILES string of the molecule is CC(C)Cc1n[nH]c2c1C(c1ccc(Cl)cc1Cl)N(c1ccc(C(=O)N3CCCC3)cc1)C2=O. The number of benzene rings is 2. The molecule has 1 fully saturated rings. The Bertz CT molecular complexity index is 1250. The van der Waals surface area contributed by atoms with Gasteiger partial charge >= 0.3 is 0 Å². The molecule has 1 N–H and O–H groups in total. The second kappa shape index (κ2) is 9.08. The number of likely N-dealkylation sites (tertiary alicyclic amines) is 1. The molecule has 1 unspecified atom stereocenters. The Morgan fingerprint density at radius 2 is 1.82 bits per heavy atom. The van der Waals surface area contributed by atoms with Crippen molar-refractivity contribution in [1.82, 2.24) is 15.1 Å². The van der Waals surface area contributed by atoms with Crippen LogP contribution >= 0.6 is 23.2 Å². The third-order valence-electron chi connectivity index (χ3n) is 6.49. The van der Waals surface area contributed by atoms with Gasteiger partial charge in [-0.05, 0) is 67.1 Å². The molecule has 2 amide bonds. The molecule has 3 heterocycles. The summed E-state index contributed by atoms with van der Waals surface area (Å²) in [5.74, 6) is 0.226. The van der Waals surface area contributed by atoms with Crippen LogP contribution < -0.4 is 4.90 Å². The lowest BCUT2D eigenvalue weighted by Crippen LogP contribution is -2.30. The summed E-state index contributed by atoms with van der Waals surface area (Å²) in [4.78, 5) is 30.0. The number of H-pyrrole nitrogens is 1. The van der Waals surface area contributed by atoms with Gasteiger partial charge in [0.15, 0.2) is 0 Å². The monoisotopic (exact) mass is 496 g/mol. The maximum atomic E-state index is 13.6. The number of rotatable bonds is 5. The van der Waals surface area contributed by atoms with E-state index in [1.54, 1.807) is 29.2 Å². The number of anilines is 1. The van der Waals surface area contributed by atoms with E-state index < -0.39 is 6.04 Å². The number of nitrogens with one attached hydrogen (secondary N) is 1. The molecule has 6 nitrogen and oxygen atoms in total. The van der Waals surface area contributed by atoms with E-state index in [0.717, 1.165) is 49.2 Å². The van der Waals surface area contributed by atoms with Gasteiger partial charge in [-0.25, -0.2) is 0 Å². The highest BCUT2D eigenvalue weighted by molar-refractivity contribution is 6.35. The minimum atomic E-state index is -0.445. The molecular formula is C26H26Cl2N4O2. The van der Waals surface area contributed by atoms with Crippen LogP contribution in [0.4, 0.5) is 5.69 Å². The first kappa shape index (κ1) is 22.9. The minimum absolute atomic E-state index is 0.0303. The summed E-state index contributed by atoms with van der Waals surface area (Å²) in [6.07, 6.45) is 2.82. The summed E-state index contributed by atoms with van der Waals surface area (Å²) in [5.41, 5.74) is 4.28. The zero-order valence-electron chi connectivity index (χ0n) is 19.1. The highest BCUT2D eigenvalue weighted by Gasteiger charge is 2.43. The van der Waals surface area contributed by atoms with Crippen molar-refractivity contribution in [2.75, 3.05) is 18.0 Å². The molecule has 1 saturated heterocycles. The van der Waals surface area contributed by atoms with E-state index in [-0.39, 0.29) is 11.8 Å². The molecule has 5 rings (SSSR count). The topological polar surface area (TPSA) is 69.3 Å². The summed E-state index contributed by atoms with van der Waals surface area (Å²) < 4.78 is 0. The number of aromatic amines is 1. The lowest BCUT2D eigenvalue weighted by atomic mass is 9.95. The molecule has 0 saturated carbocycles. The van der Waals surface area contributed by atoms with E-state index >= 15 is 0 Å². The summed E-state index contributed by atoms with van der Waals surface area (Å²) in [6.45, 7) is 5.83. The van der Waals surface area contributed by atoms with E-state index in [0.29, 0.717) is 32.9 Å². The van der Waals surface area contributed by atoms with Crippen molar-refractivity contribution in [1.29, 1.82) is 0 Å². The van der Waals surface area contributed by atoms with Crippen molar-refractivity contribution in [3.63, 3.8) is 0 Å². The first-order chi connectivity index (χ1) is 16.3. The number of amides is 2. The molecular weight excluding hydrogens is 471 g/mol. The summed E-state index contributed by atoms with van der Waals surface area (Å²) in [5, 5.41) is 8.45. The Morgan fingerprint density at radius 1 is 1.12 bits per heavy atom. The van der Waals surface area contributed by atoms with E-state index in [1.807, 2.05) is 23.1 Å². The minimum Gasteiger partial charge on any atom is -0.339 e. The average molecular weight is 497 g/mol. The molecule has 0 spiro atoms. The predicted molar refractivity (Wildman–Crippen MR) is 134 cm³/mol. The van der Waals surface area contributed by atoms with Crippen molar-refractivity contribution in [3.8, 4) is 0 Å². The van der Waals surface area contributed by atoms with Crippen molar-refractivity contribution >= 4 is 40.7 Å². The Morgan fingerprint density at radius 3 is 2.47 bits per heavy atom. The number of halogens is 2. The number of aromatic nitrogens is 2. The number of carbonyl (C=O) groups is 2. The van der Waals surface area contributed by atoms with Gasteiger partial charge in [0, 0.05) is 39.9 Å². The summed E-state index contributed by atoms with van der Waals surface area (Å²) in [6, 6.07) is 12.1. The van der Waals surface area contributed by atoms with Gasteiger partial charge in [0.25, 0.3) is 11.8 Å². The molecule has 3 aromatic rings. The molecule has 2 aromatic carbocycles. The van der Waals surface area contributed by atoms with Crippen molar-refractivity contribution in [2.24, 2.45) is 5.92 Å². The van der Waals surface area contributed by atoms with Crippen LogP contribution in [0.15, 0.2) is 42.5 Å². The van der Waals surface area contributed by atoms with Crippen LogP contribution in [0.2, 0.25) is 10.0 Å². The Balaban J connectivity index is 1.57. The van der Waals surface area contributed by atoms with Gasteiger partial charge < -0.3 is 4.90 Å². The Hall–Kier alpha value is -2.83. The molecule has 2 aliphatic heterocycles. The zero-order valence-corrected chi connectivity index (χ0v) is 20.7. The van der Waals surface area contributed by atoms with E-state index in [1.165, 1.54) is 0 Å². The van der Waals surface area contributed by atoms with Gasteiger partial charge in [-0.2, -0.15) is 5.10 Å². The molecule has 34 heavy (non-hydrogen) atoms. The summed E-state index contributed by atoms with van der Waals surface area (Å²) >= 11 is 12.8. The number of hydrogen-bond donors (Lipinski definition) is 1. The molecule has 8 heteroatoms. The van der Waals surface area contributed by atoms with Gasteiger partial charge in [0.2, 0.25) is 0 Å². The average Bonchev–Trinajstić information content (AvgIpc) is 3.53. The number of fused-ring (bicyclic) bond motifs is 1. The van der Waals surface area contributed by atoms with Crippen LogP contribution in [0.5, 0.6) is 0 Å². The third-order valence-corrected chi connectivity index (χ3v) is 7.05. The summed E-state index contributed by atoms with van der Waals surface area (Å²) in [7, 11) is 0. The van der Waals surface area contributed by atoms with Crippen LogP contribution in [-0.4, -0.2) is 40.0 Å². The third kappa shape index (κ3) is 3.99. The van der Waals surface area contributed by atoms with Crippen LogP contribution in [0, 0.1) is 5.92 Å². The number of nitrogens with zero attached hydrogens (tertiary/aromatic N) is 3. The van der Waals surface area contributed by atoms with Crippen LogP contribution in [-0.2, 0) is 6.42 Å². The van der Waals surface area contributed by atoms with E-state index in [9.17, 15) is 9.59 Å². The highest BCUT2D eigenvalue weighted by Crippen LogP contribution is 2.45. The molecule has 0 bridgehead atoms. The number of carbonyl (C=O) groups excluding carboxylic acids is 2. The Labute approximate surface area is 208 Å². The van der Waals surface area contributed by atoms with E-state index in [2.05, 4.69) is 24.0 Å². The lowest BCUT2D eigenvalue weighted by molar-refractivity contribution is 0.0792. The normalized spacial score (nSPS) is 17.7. The molecule has 0 radical (unpaired) electrons. The smallest absolute Gasteiger partial charge is 0.277 e. The predicted octanol–water partition coefficient (Wildman–Crippen LogP) is 5.90. The van der Waals surface area contributed by atoms with Crippen LogP contribution in [0.25, 0.3) is 0 Å². The largest absolute Gasteiger partial charge is 0.339 e. The van der Waals surface area contributed by atoms with Crippen LogP contribution in [0.3, 0.4) is 0 Å². The second-order valence-corrected chi connectivity index (χ2v) is 10.2. The molecule has 2 aliphatic rings. The first-order valence-electron chi connectivity index (χ1n) is 11.6. The molecule has 1 aromatic heterocycles. The van der Waals surface area contributed by atoms with Gasteiger partial charge in [0.05, 0.1) is 11.7 Å². The van der Waals surface area contributed by atoms with Gasteiger partial charge in [0.1, 0.15) is 5.69 Å². The Kier molecular flexibility index (Phi) is 6.13. The lowest BCUT2D eigenvalue weighted by Gasteiger charge is -2.27. The van der Waals surface area contributed by atoms with Crippen molar-refractivity contribution < 1.29 is 9.59 Å². The van der Waals surface area contributed by atoms with Gasteiger partial charge in [-0.15, -0.1) is 0 Å². The van der Waals surface area contributed by atoms with Crippen molar-refractivity contribution in [3.05, 3.63) is 80.6 Å². The quantitative estimate of drug-likeness (QED) is 0.477. The molecule has 1 atom stereocenters. The maximum Gasteiger partial charge on any atom is 0.277 e. The van der Waals surface area contributed by atoms with Crippen molar-refractivity contribution in [2.45, 2.75) is 39.2 Å². The maximum absolute atomic E-state index is 13.6. The second-order valence-electron chi connectivity index (χ2n) is 9.35. The first-order valence-corrected chi connectivity index (χ1v) is 12.4. The zero-order chi connectivity index (χ0) is 24.0. The fourth-order valence-electron chi connectivity index (χ4n) is 4.91. The number of hydrogen-bond acceptors (Lipinski definition) is 3. The molecule has 0 aliphatic carbocycles. The van der Waals surface area contributed by atoms with Crippen LogP contribution in [0.1, 0.15) is 70.4 Å². The van der Waals surface area contributed by atoms with Gasteiger partial charge in [-0.1, -0.05) is 43.1 Å². The standard InChI is InChI=1S/C26H26Cl2N4O2/c1-15(2)13-21-22-23(30-29-21)26(34)32(24(22)19-10-7-17(27)14-20(19)28)18-8-5-16(6-9-18)25(33)31-11-3-4-12-31/h5-10,14-15,24H,3-4,11-13H2,1-2H3,(H,29,30). The fraction of sp³-hybridized carbons (Fsp3) is 0.346. The van der Waals surface area contributed by atoms with Gasteiger partial charge in [-0.3, -0.25) is 19.6 Å². The van der Waals surface area contributed by atoms with E-state index in [4.69, 9.17) is 23.2 Å². The highest BCUT2D eigenvalue weighted by atomic mass is 35.5.